The monoisotopic (exact) mass is 576 g/mol. The Hall–Kier alpha value is -4.28. The van der Waals surface area contributed by atoms with Gasteiger partial charge in [-0.25, -0.2) is 4.79 Å². The average Bonchev–Trinajstić information content (AvgIpc) is 2.99. The number of para-hydroxylation sites is 1. The number of rotatable bonds is 10. The van der Waals surface area contributed by atoms with E-state index in [1.165, 1.54) is 0 Å². The third-order valence-electron chi connectivity index (χ3n) is 7.39. The van der Waals surface area contributed by atoms with E-state index >= 15 is 0 Å². The first-order valence-corrected chi connectivity index (χ1v) is 14.0. The van der Waals surface area contributed by atoms with Crippen molar-refractivity contribution in [1.29, 1.82) is 0 Å². The molecule has 1 aliphatic rings. The van der Waals surface area contributed by atoms with Crippen LogP contribution in [-0.4, -0.2) is 80.0 Å². The molecule has 10 nitrogen and oxygen atoms in total. The number of nitrogens with zero attached hydrogens (tertiary/aromatic N) is 2. The van der Waals surface area contributed by atoms with Crippen molar-refractivity contribution in [3.8, 4) is 17.2 Å². The fourth-order valence-electron chi connectivity index (χ4n) is 4.93. The first kappa shape index (κ1) is 30.7. The summed E-state index contributed by atoms with van der Waals surface area (Å²) in [6.07, 6.45) is -0.318. The van der Waals surface area contributed by atoms with E-state index in [0.717, 1.165) is 11.3 Å². The molecule has 0 aliphatic carbocycles. The first-order chi connectivity index (χ1) is 20.2. The minimum Gasteiger partial charge on any atom is -0.497 e. The predicted octanol–water partition coefficient (Wildman–Crippen LogP) is 4.70. The maximum absolute atomic E-state index is 13.7. The minimum absolute atomic E-state index is 0.0735. The van der Waals surface area contributed by atoms with Gasteiger partial charge in [-0.15, -0.1) is 0 Å². The lowest BCUT2D eigenvalue weighted by atomic mass is 9.99. The number of urea groups is 1. The summed E-state index contributed by atoms with van der Waals surface area (Å²) >= 11 is 0. The first-order valence-electron chi connectivity index (χ1n) is 14.0. The van der Waals surface area contributed by atoms with Crippen LogP contribution in [0.2, 0.25) is 0 Å². The van der Waals surface area contributed by atoms with Crippen LogP contribution in [0, 0.1) is 5.92 Å². The van der Waals surface area contributed by atoms with E-state index in [1.807, 2.05) is 45.2 Å². The summed E-state index contributed by atoms with van der Waals surface area (Å²) in [5.74, 6) is 1.44. The number of hydrogen-bond donors (Lipinski definition) is 3. The average molecular weight is 577 g/mol. The molecule has 0 saturated carbocycles. The van der Waals surface area contributed by atoms with Crippen LogP contribution >= 0.6 is 0 Å². The Kier molecular flexibility index (Phi) is 10.3. The number of nitrogens with one attached hydrogen (secondary N) is 2. The Balaban J connectivity index is 1.60. The van der Waals surface area contributed by atoms with E-state index in [4.69, 9.17) is 14.2 Å². The zero-order valence-electron chi connectivity index (χ0n) is 24.8. The molecule has 0 saturated heterocycles. The van der Waals surface area contributed by atoms with E-state index in [2.05, 4.69) is 15.5 Å². The van der Waals surface area contributed by atoms with Gasteiger partial charge in [0.25, 0.3) is 5.91 Å². The van der Waals surface area contributed by atoms with Gasteiger partial charge >= 0.3 is 6.03 Å². The molecule has 3 atom stereocenters. The summed E-state index contributed by atoms with van der Waals surface area (Å²) in [4.78, 5) is 30.6. The second-order valence-corrected chi connectivity index (χ2v) is 10.7. The maximum atomic E-state index is 13.7. The van der Waals surface area contributed by atoms with Gasteiger partial charge < -0.3 is 34.9 Å². The number of likely N-dealkylation sites (N-methyl/N-ethyl adjacent to an activating group) is 1. The summed E-state index contributed by atoms with van der Waals surface area (Å²) in [6, 6.07) is 19.1. The number of carbonyl (C=O) groups excluding carboxylic acids is 2. The van der Waals surface area contributed by atoms with Gasteiger partial charge in [0.05, 0.1) is 38.1 Å². The highest BCUT2D eigenvalue weighted by Gasteiger charge is 2.34. The molecule has 3 amide bonds. The molecular weight excluding hydrogens is 536 g/mol. The van der Waals surface area contributed by atoms with Gasteiger partial charge in [0.2, 0.25) is 0 Å². The number of benzene rings is 3. The van der Waals surface area contributed by atoms with Crippen LogP contribution < -0.4 is 24.8 Å². The molecule has 3 aromatic rings. The molecule has 0 fully saturated rings. The standard InChI is InChI=1S/C32H40N4O6/c1-21-17-36(22(2)20-37)31(38)27-7-6-8-28(34-32(39)33-24-11-15-26(41-5)16-12-24)30(27)42-29(21)19-35(3)18-23-9-13-25(40-4)14-10-23/h6-16,21-22,29,37H,17-20H2,1-5H3,(H2,33,34,39)/t21-,22-,29-/m1/s1. The number of carbonyl (C=O) groups is 2. The Morgan fingerprint density at radius 3 is 2.31 bits per heavy atom. The van der Waals surface area contributed by atoms with Crippen molar-refractivity contribution in [2.75, 3.05) is 51.6 Å². The number of aliphatic hydroxyl groups is 1. The minimum atomic E-state index is -0.478. The number of methoxy groups -OCH3 is 2. The van der Waals surface area contributed by atoms with Crippen molar-refractivity contribution in [3.05, 3.63) is 77.9 Å². The summed E-state index contributed by atoms with van der Waals surface area (Å²) in [7, 11) is 5.24. The number of fused-ring (bicyclic) bond motifs is 1. The molecule has 0 spiro atoms. The van der Waals surface area contributed by atoms with Crippen molar-refractivity contribution in [3.63, 3.8) is 0 Å². The van der Waals surface area contributed by atoms with Crippen LogP contribution in [0.25, 0.3) is 0 Å². The molecule has 10 heteroatoms. The molecule has 4 rings (SSSR count). The Bertz CT molecular complexity index is 1350. The van der Waals surface area contributed by atoms with Crippen LogP contribution in [0.3, 0.4) is 0 Å². The quantitative estimate of drug-likeness (QED) is 0.321. The number of amides is 3. The van der Waals surface area contributed by atoms with Crippen molar-refractivity contribution in [1.82, 2.24) is 9.80 Å². The third kappa shape index (κ3) is 7.51. The van der Waals surface area contributed by atoms with E-state index < -0.39 is 12.1 Å². The van der Waals surface area contributed by atoms with Crippen molar-refractivity contribution in [2.45, 2.75) is 32.5 Å². The third-order valence-corrected chi connectivity index (χ3v) is 7.39. The van der Waals surface area contributed by atoms with Crippen LogP contribution in [0.1, 0.15) is 29.8 Å². The molecular formula is C32H40N4O6. The second-order valence-electron chi connectivity index (χ2n) is 10.7. The van der Waals surface area contributed by atoms with Crippen molar-refractivity contribution >= 4 is 23.3 Å². The Morgan fingerprint density at radius 2 is 1.69 bits per heavy atom. The van der Waals surface area contributed by atoms with E-state index in [9.17, 15) is 14.7 Å². The molecule has 224 valence electrons. The van der Waals surface area contributed by atoms with Gasteiger partial charge in [0.15, 0.2) is 5.75 Å². The number of anilines is 2. The summed E-state index contributed by atoms with van der Waals surface area (Å²) in [6.45, 7) is 5.35. The molecule has 0 radical (unpaired) electrons. The van der Waals surface area contributed by atoms with Gasteiger partial charge in [-0.05, 0) is 68.1 Å². The maximum Gasteiger partial charge on any atom is 0.323 e. The molecule has 0 aromatic heterocycles. The van der Waals surface area contributed by atoms with E-state index in [1.54, 1.807) is 61.6 Å². The topological polar surface area (TPSA) is 113 Å². The van der Waals surface area contributed by atoms with Crippen LogP contribution in [0.15, 0.2) is 66.7 Å². The number of aliphatic hydroxyl groups excluding tert-OH is 1. The second kappa shape index (κ2) is 14.1. The number of ether oxygens (including phenoxy) is 3. The Labute approximate surface area is 247 Å². The van der Waals surface area contributed by atoms with Crippen LogP contribution in [0.4, 0.5) is 16.2 Å². The lowest BCUT2D eigenvalue weighted by molar-refractivity contribution is 0.0343. The lowest BCUT2D eigenvalue weighted by Gasteiger charge is -2.38. The lowest BCUT2D eigenvalue weighted by Crippen LogP contribution is -2.49. The predicted molar refractivity (Wildman–Crippen MR) is 163 cm³/mol. The van der Waals surface area contributed by atoms with Gasteiger partial charge in [-0.3, -0.25) is 9.69 Å². The van der Waals surface area contributed by atoms with Gasteiger partial charge in [0, 0.05) is 31.2 Å². The fraction of sp³-hybridized carbons (Fsp3) is 0.375. The summed E-state index contributed by atoms with van der Waals surface area (Å²) < 4.78 is 17.1. The highest BCUT2D eigenvalue weighted by atomic mass is 16.5. The van der Waals surface area contributed by atoms with Gasteiger partial charge in [-0.1, -0.05) is 25.1 Å². The van der Waals surface area contributed by atoms with Crippen molar-refractivity contribution in [2.24, 2.45) is 5.92 Å². The van der Waals surface area contributed by atoms with Crippen LogP contribution in [-0.2, 0) is 6.54 Å². The molecule has 0 bridgehead atoms. The number of hydrogen-bond acceptors (Lipinski definition) is 7. The molecule has 3 N–H and O–H groups in total. The highest BCUT2D eigenvalue weighted by Crippen LogP contribution is 2.35. The normalized spacial score (nSPS) is 17.4. The molecule has 1 aliphatic heterocycles. The largest absolute Gasteiger partial charge is 0.497 e. The SMILES string of the molecule is COc1ccc(CN(C)C[C@H]2Oc3c(NC(=O)Nc4ccc(OC)cc4)cccc3C(=O)N([C@H](C)CO)C[C@H]2C)cc1. The smallest absolute Gasteiger partial charge is 0.323 e. The highest BCUT2D eigenvalue weighted by molar-refractivity contribution is 6.04. The molecule has 0 unspecified atom stereocenters. The van der Waals surface area contributed by atoms with Crippen LogP contribution in [0.5, 0.6) is 17.2 Å². The Morgan fingerprint density at radius 1 is 1.05 bits per heavy atom. The molecule has 3 aromatic carbocycles. The van der Waals surface area contributed by atoms with E-state index in [0.29, 0.717) is 48.1 Å². The summed E-state index contributed by atoms with van der Waals surface area (Å²) in [5.41, 5.74) is 2.41. The van der Waals surface area contributed by atoms with Crippen molar-refractivity contribution < 1.29 is 28.9 Å². The zero-order valence-corrected chi connectivity index (χ0v) is 24.8. The molecule has 42 heavy (non-hydrogen) atoms. The zero-order chi connectivity index (χ0) is 30.2. The fourth-order valence-corrected chi connectivity index (χ4v) is 4.93. The van der Waals surface area contributed by atoms with Gasteiger partial charge in [0.1, 0.15) is 17.6 Å². The summed E-state index contributed by atoms with van der Waals surface area (Å²) in [5, 5.41) is 15.6. The van der Waals surface area contributed by atoms with Gasteiger partial charge in [-0.2, -0.15) is 0 Å². The molecule has 1 heterocycles. The van der Waals surface area contributed by atoms with E-state index in [-0.39, 0.29) is 24.5 Å².